The Balaban J connectivity index is 1.70. The highest BCUT2D eigenvalue weighted by atomic mass is 16.5. The zero-order valence-electron chi connectivity index (χ0n) is 15.9. The van der Waals surface area contributed by atoms with E-state index in [1.807, 2.05) is 37.3 Å². The number of anilines is 2. The number of aryl methyl sites for hydroxylation is 1. The van der Waals surface area contributed by atoms with Crippen LogP contribution in [0.25, 0.3) is 6.08 Å². The van der Waals surface area contributed by atoms with Crippen molar-refractivity contribution >= 4 is 29.3 Å². The van der Waals surface area contributed by atoms with Crippen LogP contribution in [0.15, 0.2) is 48.5 Å². The summed E-state index contributed by atoms with van der Waals surface area (Å²) < 4.78 is 5.55. The van der Waals surface area contributed by atoms with Crippen LogP contribution in [0.3, 0.4) is 0 Å². The van der Waals surface area contributed by atoms with E-state index in [2.05, 4.69) is 19.2 Å². The van der Waals surface area contributed by atoms with Gasteiger partial charge in [0.1, 0.15) is 5.75 Å². The summed E-state index contributed by atoms with van der Waals surface area (Å²) in [6.07, 6.45) is 3.27. The number of nitrogens with zero attached hydrogens (tertiary/aromatic N) is 1. The van der Waals surface area contributed by atoms with Gasteiger partial charge in [-0.25, -0.2) is 0 Å². The Hall–Kier alpha value is -3.08. The number of benzene rings is 2. The van der Waals surface area contributed by atoms with Crippen LogP contribution in [0.4, 0.5) is 11.4 Å². The van der Waals surface area contributed by atoms with E-state index in [0.29, 0.717) is 23.9 Å². The maximum absolute atomic E-state index is 12.2. The van der Waals surface area contributed by atoms with Crippen LogP contribution in [0.1, 0.15) is 25.0 Å². The summed E-state index contributed by atoms with van der Waals surface area (Å²) in [6.45, 7) is 6.81. The molecule has 140 valence electrons. The van der Waals surface area contributed by atoms with Gasteiger partial charge >= 0.3 is 0 Å². The summed E-state index contributed by atoms with van der Waals surface area (Å²) in [5.74, 6) is 0.692. The lowest BCUT2D eigenvalue weighted by Gasteiger charge is -2.30. The zero-order valence-corrected chi connectivity index (χ0v) is 15.9. The van der Waals surface area contributed by atoms with Gasteiger partial charge in [0, 0.05) is 24.4 Å². The van der Waals surface area contributed by atoms with Crippen molar-refractivity contribution in [2.75, 3.05) is 23.4 Å². The smallest absolute Gasteiger partial charge is 0.265 e. The Bertz CT molecular complexity index is 870. The summed E-state index contributed by atoms with van der Waals surface area (Å²) in [4.78, 5) is 26.0. The Labute approximate surface area is 159 Å². The average Bonchev–Trinajstić information content (AvgIpc) is 2.63. The highest BCUT2D eigenvalue weighted by Crippen LogP contribution is 2.35. The minimum absolute atomic E-state index is 0.0183. The number of hydrogen-bond donors (Lipinski definition) is 1. The minimum Gasteiger partial charge on any atom is -0.481 e. The van der Waals surface area contributed by atoms with Crippen LogP contribution in [0.2, 0.25) is 0 Å². The first-order chi connectivity index (χ1) is 12.9. The normalized spacial score (nSPS) is 13.6. The van der Waals surface area contributed by atoms with E-state index in [0.717, 1.165) is 11.3 Å². The summed E-state index contributed by atoms with van der Waals surface area (Å²) in [5.41, 5.74) is 3.52. The van der Waals surface area contributed by atoms with Gasteiger partial charge in [-0.15, -0.1) is 0 Å². The molecule has 0 saturated heterocycles. The highest BCUT2D eigenvalue weighted by Gasteiger charge is 2.26. The second kappa shape index (κ2) is 8.08. The van der Waals surface area contributed by atoms with Gasteiger partial charge in [0.05, 0.1) is 5.69 Å². The van der Waals surface area contributed by atoms with Crippen LogP contribution >= 0.6 is 0 Å². The SMILES string of the molecule is Cc1ccc(/C=C/C(=O)Nc2ccc3c(c2)OCC(=O)N3CC(C)C)cc1. The maximum atomic E-state index is 12.2. The highest BCUT2D eigenvalue weighted by molar-refractivity contribution is 6.03. The third-order valence-electron chi connectivity index (χ3n) is 4.22. The molecule has 2 amide bonds. The van der Waals surface area contributed by atoms with Crippen molar-refractivity contribution in [1.29, 1.82) is 0 Å². The molecule has 1 heterocycles. The number of fused-ring (bicyclic) bond motifs is 1. The third-order valence-corrected chi connectivity index (χ3v) is 4.22. The molecular formula is C22H24N2O3. The Kier molecular flexibility index (Phi) is 5.60. The summed E-state index contributed by atoms with van der Waals surface area (Å²) in [7, 11) is 0. The number of amides is 2. The number of nitrogens with one attached hydrogen (secondary N) is 1. The minimum atomic E-state index is -0.221. The van der Waals surface area contributed by atoms with Crippen molar-refractivity contribution in [3.8, 4) is 5.75 Å². The number of carbonyl (C=O) groups is 2. The van der Waals surface area contributed by atoms with Crippen LogP contribution in [0, 0.1) is 12.8 Å². The fourth-order valence-electron chi connectivity index (χ4n) is 2.88. The topological polar surface area (TPSA) is 58.6 Å². The fraction of sp³-hybridized carbons (Fsp3) is 0.273. The first-order valence-corrected chi connectivity index (χ1v) is 9.05. The van der Waals surface area contributed by atoms with Gasteiger partial charge in [-0.1, -0.05) is 43.7 Å². The molecule has 3 rings (SSSR count). The lowest BCUT2D eigenvalue weighted by molar-refractivity contribution is -0.121. The second-order valence-corrected chi connectivity index (χ2v) is 7.10. The first-order valence-electron chi connectivity index (χ1n) is 9.05. The van der Waals surface area contributed by atoms with Crippen LogP contribution < -0.4 is 15.0 Å². The molecule has 0 radical (unpaired) electrons. The predicted molar refractivity (Wildman–Crippen MR) is 108 cm³/mol. The summed E-state index contributed by atoms with van der Waals surface area (Å²) in [5, 5.41) is 2.83. The van der Waals surface area contributed by atoms with Crippen LogP contribution in [0.5, 0.6) is 5.75 Å². The van der Waals surface area contributed by atoms with Crippen molar-refractivity contribution in [1.82, 2.24) is 0 Å². The van der Waals surface area contributed by atoms with Gasteiger partial charge in [0.15, 0.2) is 6.61 Å². The molecule has 2 aromatic rings. The molecule has 0 aromatic heterocycles. The Morgan fingerprint density at radius 1 is 1.22 bits per heavy atom. The second-order valence-electron chi connectivity index (χ2n) is 7.10. The fourth-order valence-corrected chi connectivity index (χ4v) is 2.88. The van der Waals surface area contributed by atoms with Gasteiger partial charge in [0.2, 0.25) is 5.91 Å². The summed E-state index contributed by atoms with van der Waals surface area (Å²) in [6, 6.07) is 13.3. The molecule has 0 unspecified atom stereocenters. The number of ether oxygens (including phenoxy) is 1. The van der Waals surface area contributed by atoms with E-state index in [4.69, 9.17) is 4.74 Å². The Morgan fingerprint density at radius 3 is 2.67 bits per heavy atom. The molecule has 27 heavy (non-hydrogen) atoms. The zero-order chi connectivity index (χ0) is 19.4. The van der Waals surface area contributed by atoms with E-state index in [-0.39, 0.29) is 18.4 Å². The molecule has 1 aliphatic heterocycles. The van der Waals surface area contributed by atoms with Crippen molar-refractivity contribution in [3.63, 3.8) is 0 Å². The molecule has 0 aliphatic carbocycles. The third kappa shape index (κ3) is 4.76. The van der Waals surface area contributed by atoms with E-state index in [9.17, 15) is 9.59 Å². The standard InChI is InChI=1S/C22H24N2O3/c1-15(2)13-24-19-10-9-18(12-20(19)27-14-22(24)26)23-21(25)11-8-17-6-4-16(3)5-7-17/h4-12,15H,13-14H2,1-3H3,(H,23,25)/b11-8+. The number of hydrogen-bond acceptors (Lipinski definition) is 3. The van der Waals surface area contributed by atoms with Crippen molar-refractivity contribution in [2.45, 2.75) is 20.8 Å². The monoisotopic (exact) mass is 364 g/mol. The van der Waals surface area contributed by atoms with Gasteiger partial charge in [0.25, 0.3) is 5.91 Å². The lowest BCUT2D eigenvalue weighted by atomic mass is 10.1. The molecule has 1 N–H and O–H groups in total. The van der Waals surface area contributed by atoms with E-state index >= 15 is 0 Å². The van der Waals surface area contributed by atoms with Crippen molar-refractivity contribution in [3.05, 3.63) is 59.7 Å². The summed E-state index contributed by atoms with van der Waals surface area (Å²) >= 11 is 0. The molecule has 0 saturated carbocycles. The van der Waals surface area contributed by atoms with Crippen LogP contribution in [-0.4, -0.2) is 25.0 Å². The molecule has 0 atom stereocenters. The first kappa shape index (κ1) is 18.7. The van der Waals surface area contributed by atoms with Crippen molar-refractivity contribution in [2.24, 2.45) is 5.92 Å². The Morgan fingerprint density at radius 2 is 1.96 bits per heavy atom. The molecule has 0 spiro atoms. The average molecular weight is 364 g/mol. The molecule has 5 heteroatoms. The number of rotatable bonds is 5. The van der Waals surface area contributed by atoms with Gasteiger partial charge in [-0.2, -0.15) is 0 Å². The predicted octanol–water partition coefficient (Wildman–Crippen LogP) is 4.03. The molecular weight excluding hydrogens is 340 g/mol. The van der Waals surface area contributed by atoms with Gasteiger partial charge in [-0.05, 0) is 36.6 Å². The largest absolute Gasteiger partial charge is 0.481 e. The van der Waals surface area contributed by atoms with E-state index < -0.39 is 0 Å². The van der Waals surface area contributed by atoms with Gasteiger partial charge in [-0.3, -0.25) is 9.59 Å². The molecule has 1 aliphatic rings. The van der Waals surface area contributed by atoms with Crippen molar-refractivity contribution < 1.29 is 14.3 Å². The van der Waals surface area contributed by atoms with Crippen LogP contribution in [-0.2, 0) is 9.59 Å². The van der Waals surface area contributed by atoms with Gasteiger partial charge < -0.3 is 15.0 Å². The van der Waals surface area contributed by atoms with E-state index in [1.165, 1.54) is 11.6 Å². The molecule has 0 bridgehead atoms. The maximum Gasteiger partial charge on any atom is 0.265 e. The lowest BCUT2D eigenvalue weighted by Crippen LogP contribution is -2.40. The molecule has 5 nitrogen and oxygen atoms in total. The number of carbonyl (C=O) groups excluding carboxylic acids is 2. The molecule has 2 aromatic carbocycles. The van der Waals surface area contributed by atoms with E-state index in [1.54, 1.807) is 23.1 Å². The molecule has 0 fully saturated rings. The quantitative estimate of drug-likeness (QED) is 0.815.